The Kier molecular flexibility index (Phi) is 4.14. The summed E-state index contributed by atoms with van der Waals surface area (Å²) in [4.78, 5) is 0. The minimum Gasteiger partial charge on any atom is -0.487 e. The molecule has 1 N–H and O–H groups in total. The third-order valence-electron chi connectivity index (χ3n) is 2.89. The van der Waals surface area contributed by atoms with Gasteiger partial charge in [-0.05, 0) is 19.5 Å². The van der Waals surface area contributed by atoms with Gasteiger partial charge in [-0.2, -0.15) is 0 Å². The topological polar surface area (TPSA) is 55.4 Å². The number of halogens is 1. The Morgan fingerprint density at radius 3 is 2.89 bits per heavy atom. The molecule has 1 aliphatic heterocycles. The Bertz CT molecular complexity index is 530. The number of hydrogen-bond donors (Lipinski definition) is 1. The molecule has 0 amide bonds. The lowest BCUT2D eigenvalue weighted by atomic mass is 10.2. The molecule has 1 saturated heterocycles. The molecule has 1 fully saturated rings. The molecular weight excluding hydrogens is 274 g/mol. The third kappa shape index (κ3) is 3.16. The number of hydrogen-bond acceptors (Lipinski definition) is 4. The minimum atomic E-state index is -2.94. The van der Waals surface area contributed by atoms with Crippen molar-refractivity contribution in [1.29, 1.82) is 0 Å². The molecule has 18 heavy (non-hydrogen) atoms. The number of nitrogens with one attached hydrogen (secondary N) is 1. The lowest BCUT2D eigenvalue weighted by molar-refractivity contribution is 0.226. The molecule has 0 saturated carbocycles. The van der Waals surface area contributed by atoms with Crippen LogP contribution in [0.25, 0.3) is 0 Å². The Labute approximate surface area is 112 Å². The van der Waals surface area contributed by atoms with Crippen LogP contribution in [0, 0.1) is 0 Å². The van der Waals surface area contributed by atoms with E-state index in [2.05, 4.69) is 5.32 Å². The number of benzene rings is 1. The molecule has 0 spiro atoms. The Morgan fingerprint density at radius 2 is 2.28 bits per heavy atom. The molecule has 0 bridgehead atoms. The van der Waals surface area contributed by atoms with Crippen LogP contribution < -0.4 is 10.1 Å². The van der Waals surface area contributed by atoms with Gasteiger partial charge in [-0.15, -0.1) is 0 Å². The summed E-state index contributed by atoms with van der Waals surface area (Å²) in [6, 6.07) is 5.52. The smallest absolute Gasteiger partial charge is 0.154 e. The summed E-state index contributed by atoms with van der Waals surface area (Å²) >= 11 is 6.11. The molecule has 2 rings (SSSR count). The van der Waals surface area contributed by atoms with E-state index in [0.29, 0.717) is 23.7 Å². The normalized spacial score (nSPS) is 22.0. The van der Waals surface area contributed by atoms with Crippen molar-refractivity contribution in [2.24, 2.45) is 0 Å². The van der Waals surface area contributed by atoms with Crippen molar-refractivity contribution in [3.05, 3.63) is 28.8 Å². The zero-order valence-electron chi connectivity index (χ0n) is 10.1. The number of sulfone groups is 1. The summed E-state index contributed by atoms with van der Waals surface area (Å²) < 4.78 is 28.6. The predicted octanol–water partition coefficient (Wildman–Crippen LogP) is 1.63. The van der Waals surface area contributed by atoms with Crippen molar-refractivity contribution in [2.75, 3.05) is 18.6 Å². The molecule has 1 aliphatic rings. The lowest BCUT2D eigenvalue weighted by Gasteiger charge is -2.17. The second-order valence-corrected chi connectivity index (χ2v) is 7.04. The predicted molar refractivity (Wildman–Crippen MR) is 71.9 cm³/mol. The Balaban J connectivity index is 2.18. The number of rotatable bonds is 4. The van der Waals surface area contributed by atoms with Crippen LogP contribution in [0.5, 0.6) is 5.75 Å². The first kappa shape index (κ1) is 13.6. The van der Waals surface area contributed by atoms with Crippen molar-refractivity contribution in [3.8, 4) is 5.75 Å². The fourth-order valence-corrected chi connectivity index (χ4v) is 3.86. The molecule has 4 nitrogen and oxygen atoms in total. The van der Waals surface area contributed by atoms with Crippen LogP contribution in [0.3, 0.4) is 0 Å². The van der Waals surface area contributed by atoms with Crippen LogP contribution in [-0.2, 0) is 16.4 Å². The molecule has 1 aromatic carbocycles. The van der Waals surface area contributed by atoms with Gasteiger partial charge in [-0.1, -0.05) is 23.7 Å². The molecule has 0 aromatic heterocycles. The van der Waals surface area contributed by atoms with Crippen LogP contribution in [0.1, 0.15) is 12.0 Å². The maximum absolute atomic E-state index is 11.4. The van der Waals surface area contributed by atoms with Gasteiger partial charge in [-0.3, -0.25) is 0 Å². The largest absolute Gasteiger partial charge is 0.487 e. The van der Waals surface area contributed by atoms with E-state index >= 15 is 0 Å². The zero-order chi connectivity index (χ0) is 13.2. The average molecular weight is 290 g/mol. The third-order valence-corrected chi connectivity index (χ3v) is 4.93. The van der Waals surface area contributed by atoms with Gasteiger partial charge < -0.3 is 10.1 Å². The first-order valence-corrected chi connectivity index (χ1v) is 8.01. The Morgan fingerprint density at radius 1 is 1.50 bits per heavy atom. The Hall–Kier alpha value is -0.780. The highest BCUT2D eigenvalue weighted by Gasteiger charge is 2.30. The lowest BCUT2D eigenvalue weighted by Crippen LogP contribution is -2.19. The van der Waals surface area contributed by atoms with Gasteiger partial charge in [0.05, 0.1) is 16.5 Å². The average Bonchev–Trinajstić information content (AvgIpc) is 2.63. The summed E-state index contributed by atoms with van der Waals surface area (Å²) in [5, 5.41) is 3.56. The summed E-state index contributed by atoms with van der Waals surface area (Å²) in [5.74, 6) is 0.872. The van der Waals surface area contributed by atoms with Gasteiger partial charge in [0.2, 0.25) is 0 Å². The maximum atomic E-state index is 11.4. The molecule has 0 aliphatic carbocycles. The van der Waals surface area contributed by atoms with E-state index in [0.717, 1.165) is 5.56 Å². The van der Waals surface area contributed by atoms with Crippen molar-refractivity contribution in [3.63, 3.8) is 0 Å². The highest BCUT2D eigenvalue weighted by molar-refractivity contribution is 7.91. The monoisotopic (exact) mass is 289 g/mol. The molecule has 1 atom stereocenters. The van der Waals surface area contributed by atoms with Gasteiger partial charge >= 0.3 is 0 Å². The molecule has 1 aromatic rings. The molecule has 0 radical (unpaired) electrons. The fraction of sp³-hybridized carbons (Fsp3) is 0.500. The van der Waals surface area contributed by atoms with Gasteiger partial charge in [0, 0.05) is 12.1 Å². The van der Waals surface area contributed by atoms with Crippen molar-refractivity contribution >= 4 is 21.4 Å². The van der Waals surface area contributed by atoms with Crippen LogP contribution in [0.4, 0.5) is 0 Å². The van der Waals surface area contributed by atoms with Gasteiger partial charge in [0.1, 0.15) is 11.9 Å². The summed E-state index contributed by atoms with van der Waals surface area (Å²) in [7, 11) is -1.10. The molecular formula is C12H16ClNO3S. The molecule has 1 heterocycles. The van der Waals surface area contributed by atoms with Crippen molar-refractivity contribution < 1.29 is 13.2 Å². The van der Waals surface area contributed by atoms with Gasteiger partial charge in [-0.25, -0.2) is 8.42 Å². The molecule has 6 heteroatoms. The van der Waals surface area contributed by atoms with Crippen LogP contribution >= 0.6 is 11.6 Å². The van der Waals surface area contributed by atoms with E-state index < -0.39 is 9.84 Å². The quantitative estimate of drug-likeness (QED) is 0.915. The minimum absolute atomic E-state index is 0.0806. The van der Waals surface area contributed by atoms with Crippen LogP contribution in [0.2, 0.25) is 5.02 Å². The number of para-hydroxylation sites is 1. The zero-order valence-corrected chi connectivity index (χ0v) is 11.7. The molecule has 100 valence electrons. The summed E-state index contributed by atoms with van der Waals surface area (Å²) in [6.07, 6.45) is 0.248. The van der Waals surface area contributed by atoms with Gasteiger partial charge in [0.15, 0.2) is 9.84 Å². The van der Waals surface area contributed by atoms with E-state index in [4.69, 9.17) is 16.3 Å². The SMILES string of the molecule is CNCc1cccc(Cl)c1OC1CCS(=O)(=O)C1. The highest BCUT2D eigenvalue weighted by Crippen LogP contribution is 2.31. The van der Waals surface area contributed by atoms with Crippen LogP contribution in [-0.4, -0.2) is 33.1 Å². The second kappa shape index (κ2) is 5.47. The van der Waals surface area contributed by atoms with Crippen molar-refractivity contribution in [1.82, 2.24) is 5.32 Å². The van der Waals surface area contributed by atoms with Crippen LogP contribution in [0.15, 0.2) is 18.2 Å². The number of ether oxygens (including phenoxy) is 1. The second-order valence-electron chi connectivity index (χ2n) is 4.40. The first-order chi connectivity index (χ1) is 8.52. The van der Waals surface area contributed by atoms with E-state index in [-0.39, 0.29) is 17.6 Å². The van der Waals surface area contributed by atoms with Crippen molar-refractivity contribution in [2.45, 2.75) is 19.1 Å². The summed E-state index contributed by atoms with van der Waals surface area (Å²) in [5.41, 5.74) is 0.939. The fourth-order valence-electron chi connectivity index (χ4n) is 2.04. The first-order valence-electron chi connectivity index (χ1n) is 5.81. The van der Waals surface area contributed by atoms with E-state index in [1.54, 1.807) is 6.07 Å². The maximum Gasteiger partial charge on any atom is 0.154 e. The summed E-state index contributed by atoms with van der Waals surface area (Å²) in [6.45, 7) is 0.634. The van der Waals surface area contributed by atoms with Gasteiger partial charge in [0.25, 0.3) is 0 Å². The van der Waals surface area contributed by atoms with E-state index in [1.165, 1.54) is 0 Å². The molecule has 1 unspecified atom stereocenters. The van der Waals surface area contributed by atoms with E-state index in [1.807, 2.05) is 19.2 Å². The standard InChI is InChI=1S/C12H16ClNO3S/c1-14-7-9-3-2-4-11(13)12(9)17-10-5-6-18(15,16)8-10/h2-4,10,14H,5-8H2,1H3. The van der Waals surface area contributed by atoms with E-state index in [9.17, 15) is 8.42 Å². The highest BCUT2D eigenvalue weighted by atomic mass is 35.5.